The highest BCUT2D eigenvalue weighted by Gasteiger charge is 2.44. The number of benzene rings is 1. The average Bonchev–Trinajstić information content (AvgIpc) is 2.40. The molecule has 2 aliphatic heterocycles. The Balaban J connectivity index is 2.04. The van der Waals surface area contributed by atoms with Crippen LogP contribution in [0.2, 0.25) is 0 Å². The predicted octanol–water partition coefficient (Wildman–Crippen LogP) is 1.85. The molecule has 0 radical (unpaired) electrons. The molecule has 1 atom stereocenters. The van der Waals surface area contributed by atoms with Crippen molar-refractivity contribution in [3.63, 3.8) is 0 Å². The van der Waals surface area contributed by atoms with Crippen molar-refractivity contribution in [1.29, 1.82) is 0 Å². The normalized spacial score (nSPS) is 28.9. The second-order valence-electron chi connectivity index (χ2n) is 4.91. The number of carbonyl (C=O) groups is 1. The van der Waals surface area contributed by atoms with Gasteiger partial charge in [0.2, 0.25) is 5.91 Å². The Morgan fingerprint density at radius 3 is 2.82 bits per heavy atom. The molecule has 0 saturated carbocycles. The molecule has 2 heterocycles. The third-order valence-electron chi connectivity index (χ3n) is 3.92. The summed E-state index contributed by atoms with van der Waals surface area (Å²) in [5, 5.41) is 3.59. The monoisotopic (exact) mass is 230 g/mol. The van der Waals surface area contributed by atoms with Crippen LogP contribution in [0.4, 0.5) is 0 Å². The largest absolute Gasteiger partial charge is 0.320 e. The minimum Gasteiger partial charge on any atom is -0.320 e. The number of nitrogens with zero attached hydrogens (tertiary/aromatic N) is 1. The minimum absolute atomic E-state index is 0.227. The van der Waals surface area contributed by atoms with Crippen molar-refractivity contribution in [2.75, 3.05) is 13.1 Å². The summed E-state index contributed by atoms with van der Waals surface area (Å²) < 4.78 is 0. The molecular weight excluding hydrogens is 212 g/mol. The van der Waals surface area contributed by atoms with Crippen LogP contribution in [-0.4, -0.2) is 23.9 Å². The van der Waals surface area contributed by atoms with Gasteiger partial charge in [0, 0.05) is 13.0 Å². The highest BCUT2D eigenvalue weighted by molar-refractivity contribution is 5.78. The maximum Gasteiger partial charge on any atom is 0.224 e. The zero-order valence-electron chi connectivity index (χ0n) is 9.98. The van der Waals surface area contributed by atoms with Crippen LogP contribution in [0.3, 0.4) is 0 Å². The fourth-order valence-corrected chi connectivity index (χ4v) is 3.13. The van der Waals surface area contributed by atoms with Crippen LogP contribution in [0.5, 0.6) is 0 Å². The lowest BCUT2D eigenvalue weighted by atomic mass is 9.86. The molecule has 0 spiro atoms. The SMILES string of the molecule is O=C1CCC[C@]2(c3ccccc3)NCCCN12. The second-order valence-corrected chi connectivity index (χ2v) is 4.91. The molecule has 1 aromatic carbocycles. The predicted molar refractivity (Wildman–Crippen MR) is 66.3 cm³/mol. The van der Waals surface area contributed by atoms with Crippen molar-refractivity contribution in [3.8, 4) is 0 Å². The molecule has 0 unspecified atom stereocenters. The first kappa shape index (κ1) is 10.8. The van der Waals surface area contributed by atoms with Crippen molar-refractivity contribution < 1.29 is 4.79 Å². The number of fused-ring (bicyclic) bond motifs is 1. The number of hydrogen-bond acceptors (Lipinski definition) is 2. The van der Waals surface area contributed by atoms with Crippen LogP contribution in [-0.2, 0) is 10.5 Å². The van der Waals surface area contributed by atoms with Crippen LogP contribution in [0, 0.1) is 0 Å². The lowest BCUT2D eigenvalue weighted by Gasteiger charge is -2.51. The smallest absolute Gasteiger partial charge is 0.224 e. The van der Waals surface area contributed by atoms with E-state index in [-0.39, 0.29) is 5.66 Å². The van der Waals surface area contributed by atoms with E-state index in [0.29, 0.717) is 12.3 Å². The summed E-state index contributed by atoms with van der Waals surface area (Å²) in [7, 11) is 0. The minimum atomic E-state index is -0.227. The molecule has 2 fully saturated rings. The van der Waals surface area contributed by atoms with Gasteiger partial charge in [-0.05, 0) is 31.4 Å². The molecule has 90 valence electrons. The third kappa shape index (κ3) is 1.65. The van der Waals surface area contributed by atoms with Crippen LogP contribution in [0.1, 0.15) is 31.2 Å². The van der Waals surface area contributed by atoms with Gasteiger partial charge < -0.3 is 4.90 Å². The molecule has 3 nitrogen and oxygen atoms in total. The van der Waals surface area contributed by atoms with E-state index in [0.717, 1.165) is 32.4 Å². The summed E-state index contributed by atoms with van der Waals surface area (Å²) in [5.74, 6) is 0.298. The number of rotatable bonds is 1. The highest BCUT2D eigenvalue weighted by atomic mass is 16.2. The summed E-state index contributed by atoms with van der Waals surface area (Å²) in [6, 6.07) is 10.4. The Labute approximate surface area is 102 Å². The van der Waals surface area contributed by atoms with E-state index in [9.17, 15) is 4.79 Å². The Morgan fingerprint density at radius 2 is 2.00 bits per heavy atom. The number of carbonyl (C=O) groups excluding carboxylic acids is 1. The summed E-state index contributed by atoms with van der Waals surface area (Å²) in [5.41, 5.74) is 1.00. The number of amides is 1. The van der Waals surface area contributed by atoms with E-state index in [1.807, 2.05) is 6.07 Å². The molecule has 0 aromatic heterocycles. The van der Waals surface area contributed by atoms with E-state index in [1.165, 1.54) is 5.56 Å². The van der Waals surface area contributed by atoms with E-state index in [1.54, 1.807) is 0 Å². The van der Waals surface area contributed by atoms with Crippen molar-refractivity contribution in [2.24, 2.45) is 0 Å². The van der Waals surface area contributed by atoms with Crippen LogP contribution >= 0.6 is 0 Å². The molecule has 1 aromatic rings. The Hall–Kier alpha value is -1.35. The fourth-order valence-electron chi connectivity index (χ4n) is 3.13. The molecular formula is C14H18N2O. The van der Waals surface area contributed by atoms with Crippen molar-refractivity contribution in [1.82, 2.24) is 10.2 Å². The van der Waals surface area contributed by atoms with Crippen LogP contribution in [0.25, 0.3) is 0 Å². The van der Waals surface area contributed by atoms with Gasteiger partial charge in [0.1, 0.15) is 5.66 Å². The van der Waals surface area contributed by atoms with E-state index in [4.69, 9.17) is 0 Å². The quantitative estimate of drug-likeness (QED) is 0.798. The van der Waals surface area contributed by atoms with Crippen molar-refractivity contribution >= 4 is 5.91 Å². The van der Waals surface area contributed by atoms with E-state index >= 15 is 0 Å². The molecule has 0 bridgehead atoms. The molecule has 0 aliphatic carbocycles. The summed E-state index contributed by atoms with van der Waals surface area (Å²) in [6.45, 7) is 1.89. The van der Waals surface area contributed by atoms with Gasteiger partial charge in [-0.1, -0.05) is 30.3 Å². The fraction of sp³-hybridized carbons (Fsp3) is 0.500. The van der Waals surface area contributed by atoms with Crippen molar-refractivity contribution in [2.45, 2.75) is 31.3 Å². The maximum atomic E-state index is 12.1. The zero-order valence-corrected chi connectivity index (χ0v) is 9.98. The van der Waals surface area contributed by atoms with E-state index < -0.39 is 0 Å². The summed E-state index contributed by atoms with van der Waals surface area (Å²) in [4.78, 5) is 14.1. The first-order valence-electron chi connectivity index (χ1n) is 6.44. The molecule has 1 N–H and O–H groups in total. The Kier molecular flexibility index (Phi) is 2.63. The third-order valence-corrected chi connectivity index (χ3v) is 3.92. The molecule has 3 heteroatoms. The Bertz CT molecular complexity index is 413. The van der Waals surface area contributed by atoms with Gasteiger partial charge >= 0.3 is 0 Å². The second kappa shape index (κ2) is 4.15. The summed E-state index contributed by atoms with van der Waals surface area (Å²) in [6.07, 6.45) is 3.77. The highest BCUT2D eigenvalue weighted by Crippen LogP contribution is 2.37. The lowest BCUT2D eigenvalue weighted by molar-refractivity contribution is -0.147. The van der Waals surface area contributed by atoms with Gasteiger partial charge in [-0.2, -0.15) is 0 Å². The zero-order chi connectivity index (χ0) is 11.7. The number of piperidine rings is 1. The first-order chi connectivity index (χ1) is 8.33. The van der Waals surface area contributed by atoms with Gasteiger partial charge in [-0.15, -0.1) is 0 Å². The topological polar surface area (TPSA) is 32.3 Å². The summed E-state index contributed by atoms with van der Waals surface area (Å²) >= 11 is 0. The van der Waals surface area contributed by atoms with Gasteiger partial charge in [-0.25, -0.2) is 0 Å². The van der Waals surface area contributed by atoms with E-state index in [2.05, 4.69) is 34.5 Å². The van der Waals surface area contributed by atoms with Gasteiger partial charge in [0.25, 0.3) is 0 Å². The lowest BCUT2D eigenvalue weighted by Crippen LogP contribution is -2.64. The standard InChI is InChI=1S/C14H18N2O/c17-13-8-4-9-14(12-6-2-1-3-7-12)15-10-5-11-16(13)14/h1-3,6-7,15H,4-5,8-11H2/t14-/m0/s1. The van der Waals surface area contributed by atoms with Gasteiger partial charge in [-0.3, -0.25) is 10.1 Å². The molecule has 17 heavy (non-hydrogen) atoms. The molecule has 2 saturated heterocycles. The molecule has 3 rings (SSSR count). The number of hydrogen-bond donors (Lipinski definition) is 1. The first-order valence-corrected chi connectivity index (χ1v) is 6.44. The molecule has 2 aliphatic rings. The van der Waals surface area contributed by atoms with Gasteiger partial charge in [0.05, 0.1) is 0 Å². The van der Waals surface area contributed by atoms with Gasteiger partial charge in [0.15, 0.2) is 0 Å². The van der Waals surface area contributed by atoms with Crippen LogP contribution < -0.4 is 5.32 Å². The average molecular weight is 230 g/mol. The maximum absolute atomic E-state index is 12.1. The van der Waals surface area contributed by atoms with Crippen LogP contribution in [0.15, 0.2) is 30.3 Å². The van der Waals surface area contributed by atoms with Crippen molar-refractivity contribution in [3.05, 3.63) is 35.9 Å². The molecule has 1 amide bonds. The Morgan fingerprint density at radius 1 is 1.18 bits per heavy atom. The number of nitrogens with one attached hydrogen (secondary N) is 1.